The summed E-state index contributed by atoms with van der Waals surface area (Å²) in [6, 6.07) is 0. The number of hydrogen-bond donors (Lipinski definition) is 0. The number of carbonyl (C=O) groups is 1. The Labute approximate surface area is 71.2 Å². The molecule has 0 aliphatic heterocycles. The minimum atomic E-state index is 0.00926. The van der Waals surface area contributed by atoms with E-state index in [9.17, 15) is 4.79 Å². The lowest BCUT2D eigenvalue weighted by molar-refractivity contribution is -0.130. The Kier molecular flexibility index (Phi) is 2.23. The molecule has 3 heteroatoms. The van der Waals surface area contributed by atoms with Crippen LogP contribution in [0.15, 0.2) is 11.6 Å². The number of carbonyl (C=O) groups excluding carboxylic acids is 1. The average Bonchev–Trinajstić information content (AvgIpc) is 2.41. The molecule has 2 atom stereocenters. The molecule has 1 fully saturated rings. The molecule has 1 aliphatic rings. The minimum absolute atomic E-state index is 0.00926. The first-order valence-electron chi connectivity index (χ1n) is 3.50. The molecule has 2 unspecified atom stereocenters. The highest BCUT2D eigenvalue weighted by molar-refractivity contribution is 6.25. The van der Waals surface area contributed by atoms with Gasteiger partial charge in [-0.2, -0.15) is 0 Å². The maximum Gasteiger partial charge on any atom is 0.293 e. The Balaban J connectivity index is 2.52. The van der Waals surface area contributed by atoms with E-state index in [1.807, 2.05) is 19.9 Å². The lowest BCUT2D eigenvalue weighted by Crippen LogP contribution is -1.98. The Morgan fingerprint density at radius 2 is 2.18 bits per heavy atom. The van der Waals surface area contributed by atoms with Crippen LogP contribution in [0.4, 0.5) is 0 Å². The smallest absolute Gasteiger partial charge is 0.293 e. The predicted octanol–water partition coefficient (Wildman–Crippen LogP) is 1.94. The molecule has 62 valence electrons. The van der Waals surface area contributed by atoms with Gasteiger partial charge in [0.1, 0.15) is 6.10 Å². The highest BCUT2D eigenvalue weighted by Gasteiger charge is 2.58. The normalized spacial score (nSPS) is 33.7. The van der Waals surface area contributed by atoms with Crippen molar-refractivity contribution in [3.8, 4) is 0 Å². The van der Waals surface area contributed by atoms with Crippen LogP contribution in [0.5, 0.6) is 0 Å². The zero-order valence-electron chi connectivity index (χ0n) is 6.58. The van der Waals surface area contributed by atoms with Crippen LogP contribution < -0.4 is 0 Å². The molecular formula is C8H11ClO2. The summed E-state index contributed by atoms with van der Waals surface area (Å²) in [6.45, 7) is 4.58. The first kappa shape index (κ1) is 8.60. The van der Waals surface area contributed by atoms with Gasteiger partial charge < -0.3 is 4.74 Å². The van der Waals surface area contributed by atoms with Crippen molar-refractivity contribution in [3.63, 3.8) is 0 Å². The molecule has 1 aliphatic carbocycles. The van der Waals surface area contributed by atoms with E-state index in [1.54, 1.807) is 0 Å². The van der Waals surface area contributed by atoms with E-state index in [1.165, 1.54) is 5.54 Å². The topological polar surface area (TPSA) is 26.3 Å². The summed E-state index contributed by atoms with van der Waals surface area (Å²) in [5, 5.41) is 0. The van der Waals surface area contributed by atoms with Crippen LogP contribution in [-0.2, 0) is 9.53 Å². The highest BCUT2D eigenvalue weighted by Crippen LogP contribution is 2.54. The van der Waals surface area contributed by atoms with Gasteiger partial charge >= 0.3 is 0 Å². The molecule has 0 heterocycles. The van der Waals surface area contributed by atoms with Crippen LogP contribution in [0.2, 0.25) is 0 Å². The van der Waals surface area contributed by atoms with Crippen LogP contribution >= 0.6 is 11.6 Å². The molecule has 0 amide bonds. The fourth-order valence-corrected chi connectivity index (χ4v) is 1.53. The zero-order chi connectivity index (χ0) is 8.48. The van der Waals surface area contributed by atoms with E-state index in [0.717, 1.165) is 0 Å². The second-order valence-electron chi connectivity index (χ2n) is 3.32. The van der Waals surface area contributed by atoms with Crippen molar-refractivity contribution in [2.45, 2.75) is 20.0 Å². The SMILES string of the molecule is CC1(C)C(C=CCl)C1OC=O. The van der Waals surface area contributed by atoms with Crippen molar-refractivity contribution in [1.29, 1.82) is 0 Å². The first-order valence-corrected chi connectivity index (χ1v) is 3.94. The first-order chi connectivity index (χ1) is 5.14. The van der Waals surface area contributed by atoms with E-state index in [4.69, 9.17) is 16.3 Å². The quantitative estimate of drug-likeness (QED) is 0.612. The Hall–Kier alpha value is -0.500. The molecule has 0 aromatic rings. The molecule has 0 bridgehead atoms. The fraction of sp³-hybridized carbons (Fsp3) is 0.625. The summed E-state index contributed by atoms with van der Waals surface area (Å²) in [5.41, 5.74) is 1.53. The van der Waals surface area contributed by atoms with Crippen molar-refractivity contribution in [2.75, 3.05) is 0 Å². The molecule has 0 aromatic carbocycles. The summed E-state index contributed by atoms with van der Waals surface area (Å²) < 4.78 is 4.84. The Bertz CT molecular complexity index is 187. The third-order valence-electron chi connectivity index (χ3n) is 2.29. The molecule has 0 N–H and O–H groups in total. The number of hydrogen-bond acceptors (Lipinski definition) is 2. The van der Waals surface area contributed by atoms with Gasteiger partial charge in [0.2, 0.25) is 0 Å². The van der Waals surface area contributed by atoms with Crippen molar-refractivity contribution in [3.05, 3.63) is 11.6 Å². The molecule has 0 radical (unpaired) electrons. The lowest BCUT2D eigenvalue weighted by atomic mass is 10.1. The molecule has 0 spiro atoms. The lowest BCUT2D eigenvalue weighted by Gasteiger charge is -1.97. The van der Waals surface area contributed by atoms with Gasteiger partial charge in [0, 0.05) is 16.9 Å². The highest BCUT2D eigenvalue weighted by atomic mass is 35.5. The van der Waals surface area contributed by atoms with E-state index in [0.29, 0.717) is 6.47 Å². The Morgan fingerprint density at radius 1 is 1.55 bits per heavy atom. The molecule has 0 aromatic heterocycles. The van der Waals surface area contributed by atoms with Crippen molar-refractivity contribution < 1.29 is 9.53 Å². The van der Waals surface area contributed by atoms with Gasteiger partial charge in [-0.15, -0.1) is 0 Å². The molecule has 2 nitrogen and oxygen atoms in total. The van der Waals surface area contributed by atoms with Gasteiger partial charge in [0.15, 0.2) is 0 Å². The Morgan fingerprint density at radius 3 is 2.64 bits per heavy atom. The van der Waals surface area contributed by atoms with Crippen LogP contribution in [0.3, 0.4) is 0 Å². The average molecular weight is 175 g/mol. The number of halogens is 1. The van der Waals surface area contributed by atoms with Gasteiger partial charge in [-0.05, 0) is 0 Å². The van der Waals surface area contributed by atoms with E-state index in [-0.39, 0.29) is 17.4 Å². The third kappa shape index (κ3) is 1.41. The number of ether oxygens (including phenoxy) is 1. The molecule has 0 saturated heterocycles. The summed E-state index contributed by atoms with van der Waals surface area (Å²) in [6.07, 6.45) is 1.87. The summed E-state index contributed by atoms with van der Waals surface area (Å²) >= 11 is 5.40. The van der Waals surface area contributed by atoms with Crippen LogP contribution in [0.25, 0.3) is 0 Å². The van der Waals surface area contributed by atoms with Crippen LogP contribution in [0.1, 0.15) is 13.8 Å². The van der Waals surface area contributed by atoms with Gasteiger partial charge in [-0.3, -0.25) is 4.79 Å². The second-order valence-corrected chi connectivity index (χ2v) is 3.57. The monoisotopic (exact) mass is 174 g/mol. The third-order valence-corrected chi connectivity index (χ3v) is 2.44. The minimum Gasteiger partial charge on any atom is -0.463 e. The van der Waals surface area contributed by atoms with Gasteiger partial charge in [0.25, 0.3) is 6.47 Å². The second kappa shape index (κ2) is 2.86. The molecule has 11 heavy (non-hydrogen) atoms. The van der Waals surface area contributed by atoms with Gasteiger partial charge in [0.05, 0.1) is 0 Å². The standard InChI is InChI=1S/C8H11ClO2/c1-8(2)6(3-4-9)7(8)11-5-10/h3-7H,1-2H3. The largest absolute Gasteiger partial charge is 0.463 e. The fourth-order valence-electron chi connectivity index (χ4n) is 1.38. The zero-order valence-corrected chi connectivity index (χ0v) is 7.34. The molecule has 1 rings (SSSR count). The van der Waals surface area contributed by atoms with Crippen molar-refractivity contribution in [2.24, 2.45) is 11.3 Å². The van der Waals surface area contributed by atoms with E-state index in [2.05, 4.69) is 0 Å². The molecule has 1 saturated carbocycles. The van der Waals surface area contributed by atoms with Crippen molar-refractivity contribution in [1.82, 2.24) is 0 Å². The van der Waals surface area contributed by atoms with Crippen LogP contribution in [0, 0.1) is 11.3 Å². The van der Waals surface area contributed by atoms with Gasteiger partial charge in [-0.1, -0.05) is 31.5 Å². The van der Waals surface area contributed by atoms with Crippen molar-refractivity contribution >= 4 is 18.1 Å². The van der Waals surface area contributed by atoms with Gasteiger partial charge in [-0.25, -0.2) is 0 Å². The summed E-state index contributed by atoms with van der Waals surface area (Å²) in [5.74, 6) is 0.283. The summed E-state index contributed by atoms with van der Waals surface area (Å²) in [4.78, 5) is 10.0. The maximum absolute atomic E-state index is 10.0. The van der Waals surface area contributed by atoms with Crippen LogP contribution in [-0.4, -0.2) is 12.6 Å². The van der Waals surface area contributed by atoms with E-state index < -0.39 is 0 Å². The van der Waals surface area contributed by atoms with E-state index >= 15 is 0 Å². The molecular weight excluding hydrogens is 164 g/mol. The summed E-state index contributed by atoms with van der Waals surface area (Å²) in [7, 11) is 0. The predicted molar refractivity (Wildman–Crippen MR) is 43.2 cm³/mol. The maximum atomic E-state index is 10.0. The number of rotatable bonds is 3.